The second kappa shape index (κ2) is 19.7. The van der Waals surface area contributed by atoms with Crippen LogP contribution in [0.15, 0.2) is 12.2 Å². The topological polar surface area (TPSA) is 75.6 Å². The molecule has 0 spiro atoms. The molecule has 1 heterocycles. The fourth-order valence-electron chi connectivity index (χ4n) is 6.04. The molecule has 5 nitrogen and oxygen atoms in total. The van der Waals surface area contributed by atoms with Crippen molar-refractivity contribution in [2.75, 3.05) is 0 Å². The van der Waals surface area contributed by atoms with E-state index in [-0.39, 0.29) is 29.5 Å². The van der Waals surface area contributed by atoms with Gasteiger partial charge in [0.15, 0.2) is 0 Å². The SMILES string of the molecule is CCCCCCCCCCCCCCCCC=CC(CC(=O)O)C(=O)OC1CC(C)(CC)NC(C)(CC)C1C. The molecule has 1 aliphatic heterocycles. The molecule has 0 saturated carbocycles. The molecule has 1 saturated heterocycles. The quantitative estimate of drug-likeness (QED) is 0.0799. The molecule has 0 aromatic rings. The number of piperidine rings is 1. The molecule has 0 radical (unpaired) electrons. The van der Waals surface area contributed by atoms with Crippen LogP contribution in [0.3, 0.4) is 0 Å². The molecule has 228 valence electrons. The highest BCUT2D eigenvalue weighted by molar-refractivity contribution is 5.80. The molecule has 0 aliphatic carbocycles. The number of hydrogen-bond acceptors (Lipinski definition) is 4. The summed E-state index contributed by atoms with van der Waals surface area (Å²) in [6, 6.07) is 0. The lowest BCUT2D eigenvalue weighted by atomic mass is 9.70. The van der Waals surface area contributed by atoms with Gasteiger partial charge in [0, 0.05) is 23.4 Å². The zero-order chi connectivity index (χ0) is 29.2. The smallest absolute Gasteiger partial charge is 0.313 e. The number of ether oxygens (including phenoxy) is 1. The van der Waals surface area contributed by atoms with Crippen molar-refractivity contribution in [3.05, 3.63) is 12.2 Å². The van der Waals surface area contributed by atoms with E-state index in [2.05, 4.69) is 46.9 Å². The van der Waals surface area contributed by atoms with Crippen LogP contribution in [0, 0.1) is 11.8 Å². The van der Waals surface area contributed by atoms with Gasteiger partial charge in [-0.2, -0.15) is 0 Å². The number of nitrogens with one attached hydrogen (secondary N) is 1. The van der Waals surface area contributed by atoms with E-state index in [1.807, 2.05) is 6.08 Å². The number of carbonyl (C=O) groups excluding carboxylic acids is 1. The van der Waals surface area contributed by atoms with E-state index in [0.29, 0.717) is 0 Å². The molecular weight excluding hydrogens is 486 g/mol. The summed E-state index contributed by atoms with van der Waals surface area (Å²) in [6.45, 7) is 13.1. The van der Waals surface area contributed by atoms with Crippen LogP contribution in [0.2, 0.25) is 0 Å². The number of aliphatic carboxylic acids is 1. The summed E-state index contributed by atoms with van der Waals surface area (Å²) in [5, 5.41) is 13.2. The molecule has 5 atom stereocenters. The average Bonchev–Trinajstić information content (AvgIpc) is 2.90. The predicted octanol–water partition coefficient (Wildman–Crippen LogP) is 9.38. The molecule has 2 N–H and O–H groups in total. The fraction of sp³-hybridized carbons (Fsp3) is 0.882. The zero-order valence-electron chi connectivity index (χ0n) is 26.5. The van der Waals surface area contributed by atoms with E-state index >= 15 is 0 Å². The molecule has 39 heavy (non-hydrogen) atoms. The van der Waals surface area contributed by atoms with Gasteiger partial charge in [0.25, 0.3) is 0 Å². The van der Waals surface area contributed by atoms with Crippen molar-refractivity contribution in [3.63, 3.8) is 0 Å². The summed E-state index contributed by atoms with van der Waals surface area (Å²) in [7, 11) is 0. The number of carbonyl (C=O) groups is 2. The number of hydrogen-bond donors (Lipinski definition) is 2. The van der Waals surface area contributed by atoms with Crippen molar-refractivity contribution in [2.45, 2.75) is 181 Å². The predicted molar refractivity (Wildman–Crippen MR) is 164 cm³/mol. The van der Waals surface area contributed by atoms with E-state index in [9.17, 15) is 14.7 Å². The first-order chi connectivity index (χ1) is 18.6. The number of rotatable bonds is 22. The Morgan fingerprint density at radius 3 is 1.85 bits per heavy atom. The van der Waals surface area contributed by atoms with Crippen LogP contribution in [0.25, 0.3) is 0 Å². The van der Waals surface area contributed by atoms with Gasteiger partial charge >= 0.3 is 11.9 Å². The van der Waals surface area contributed by atoms with E-state index in [4.69, 9.17) is 4.74 Å². The first kappa shape index (κ1) is 35.7. The number of esters is 1. The second-order valence-corrected chi connectivity index (χ2v) is 12.8. The average molecular weight is 550 g/mol. The maximum Gasteiger partial charge on any atom is 0.313 e. The summed E-state index contributed by atoms with van der Waals surface area (Å²) in [6.07, 6.45) is 25.5. The third-order valence-electron chi connectivity index (χ3n) is 9.37. The Hall–Kier alpha value is -1.36. The van der Waals surface area contributed by atoms with Crippen molar-refractivity contribution in [3.8, 4) is 0 Å². The van der Waals surface area contributed by atoms with Gasteiger partial charge in [-0.15, -0.1) is 0 Å². The standard InChI is InChI=1S/C34H63NO4/c1-7-10-11-12-13-14-15-16-17-18-19-20-21-22-23-24-25-29(26-31(36)37)32(38)39-30-27-33(5,8-2)35-34(6,9-3)28(30)4/h24-25,28-30,35H,7-23,26-27H2,1-6H3,(H,36,37). The van der Waals surface area contributed by atoms with E-state index in [0.717, 1.165) is 32.1 Å². The van der Waals surface area contributed by atoms with Crippen LogP contribution in [-0.2, 0) is 14.3 Å². The number of carboxylic acid groups (broad SMARTS) is 1. The fourth-order valence-corrected chi connectivity index (χ4v) is 6.04. The first-order valence-corrected chi connectivity index (χ1v) is 16.5. The number of unbranched alkanes of at least 4 members (excludes halogenated alkanes) is 14. The second-order valence-electron chi connectivity index (χ2n) is 12.8. The highest BCUT2D eigenvalue weighted by Gasteiger charge is 2.48. The highest BCUT2D eigenvalue weighted by Crippen LogP contribution is 2.39. The number of allylic oxidation sites excluding steroid dienone is 1. The third-order valence-corrected chi connectivity index (χ3v) is 9.37. The Balaban J connectivity index is 2.36. The molecule has 1 aliphatic rings. The van der Waals surface area contributed by atoms with Gasteiger partial charge in [0.2, 0.25) is 0 Å². The summed E-state index contributed by atoms with van der Waals surface area (Å²) >= 11 is 0. The van der Waals surface area contributed by atoms with E-state index < -0.39 is 17.9 Å². The minimum absolute atomic E-state index is 0.103. The largest absolute Gasteiger partial charge is 0.481 e. The van der Waals surface area contributed by atoms with E-state index in [1.54, 1.807) is 6.08 Å². The first-order valence-electron chi connectivity index (χ1n) is 16.5. The van der Waals surface area contributed by atoms with Gasteiger partial charge in [-0.25, -0.2) is 0 Å². The summed E-state index contributed by atoms with van der Waals surface area (Å²) in [4.78, 5) is 24.6. The van der Waals surface area contributed by atoms with Gasteiger partial charge in [0.05, 0.1) is 12.3 Å². The summed E-state index contributed by atoms with van der Waals surface area (Å²) in [5.74, 6) is -1.94. The maximum atomic E-state index is 13.1. The minimum Gasteiger partial charge on any atom is -0.481 e. The van der Waals surface area contributed by atoms with Crippen LogP contribution >= 0.6 is 0 Å². The third kappa shape index (κ3) is 14.2. The van der Waals surface area contributed by atoms with Crippen molar-refractivity contribution < 1.29 is 19.4 Å². The van der Waals surface area contributed by atoms with Crippen molar-refractivity contribution in [1.29, 1.82) is 0 Å². The van der Waals surface area contributed by atoms with Crippen LogP contribution in [0.5, 0.6) is 0 Å². The van der Waals surface area contributed by atoms with Crippen molar-refractivity contribution in [1.82, 2.24) is 5.32 Å². The molecule has 0 aromatic carbocycles. The Morgan fingerprint density at radius 1 is 0.872 bits per heavy atom. The molecule has 0 aromatic heterocycles. The molecular formula is C34H63NO4. The van der Waals surface area contributed by atoms with Crippen molar-refractivity contribution in [2.24, 2.45) is 11.8 Å². The zero-order valence-corrected chi connectivity index (χ0v) is 26.5. The molecule has 1 rings (SSSR count). The Labute approximate surface area is 241 Å². The van der Waals surface area contributed by atoms with Crippen molar-refractivity contribution >= 4 is 11.9 Å². The molecule has 0 bridgehead atoms. The van der Waals surface area contributed by atoms with Crippen LogP contribution in [0.1, 0.15) is 164 Å². The van der Waals surface area contributed by atoms with Crippen LogP contribution in [0.4, 0.5) is 0 Å². The molecule has 1 fully saturated rings. The Morgan fingerprint density at radius 2 is 1.38 bits per heavy atom. The monoisotopic (exact) mass is 549 g/mol. The molecule has 0 amide bonds. The van der Waals surface area contributed by atoms with Gasteiger partial charge < -0.3 is 15.2 Å². The Kier molecular flexibility index (Phi) is 18.0. The van der Waals surface area contributed by atoms with Crippen LogP contribution < -0.4 is 5.32 Å². The van der Waals surface area contributed by atoms with Gasteiger partial charge in [-0.3, -0.25) is 9.59 Å². The van der Waals surface area contributed by atoms with Gasteiger partial charge in [0.1, 0.15) is 6.10 Å². The lowest BCUT2D eigenvalue weighted by molar-refractivity contribution is -0.164. The summed E-state index contributed by atoms with van der Waals surface area (Å²) in [5.41, 5.74) is -0.228. The lowest BCUT2D eigenvalue weighted by Crippen LogP contribution is -2.66. The van der Waals surface area contributed by atoms with Crippen LogP contribution in [-0.4, -0.2) is 34.2 Å². The minimum atomic E-state index is -0.965. The molecule has 5 unspecified atom stereocenters. The summed E-state index contributed by atoms with van der Waals surface area (Å²) < 4.78 is 6.05. The Bertz CT molecular complexity index is 707. The maximum absolute atomic E-state index is 13.1. The normalized spacial score (nSPS) is 26.1. The van der Waals surface area contributed by atoms with E-state index in [1.165, 1.54) is 83.5 Å². The van der Waals surface area contributed by atoms with Gasteiger partial charge in [-0.1, -0.05) is 123 Å². The molecule has 5 heteroatoms. The van der Waals surface area contributed by atoms with Gasteiger partial charge in [-0.05, 0) is 39.5 Å². The number of carboxylic acids is 1. The lowest BCUT2D eigenvalue weighted by Gasteiger charge is -2.53. The highest BCUT2D eigenvalue weighted by atomic mass is 16.5.